The summed E-state index contributed by atoms with van der Waals surface area (Å²) in [6.07, 6.45) is 0. The first-order chi connectivity index (χ1) is 9.06. The van der Waals surface area contributed by atoms with E-state index in [2.05, 4.69) is 19.2 Å². The lowest BCUT2D eigenvalue weighted by molar-refractivity contribution is -0.124. The Morgan fingerprint density at radius 2 is 2.05 bits per heavy atom. The highest BCUT2D eigenvalue weighted by Gasteiger charge is 2.15. The predicted octanol–water partition coefficient (Wildman–Crippen LogP) is 1.95. The summed E-state index contributed by atoms with van der Waals surface area (Å²) in [6, 6.07) is 5.38. The van der Waals surface area contributed by atoms with E-state index >= 15 is 0 Å². The van der Waals surface area contributed by atoms with E-state index in [1.807, 2.05) is 6.92 Å². The molecule has 1 amide bonds. The molecule has 1 unspecified atom stereocenters. The topological polar surface area (TPSA) is 56.8 Å². The van der Waals surface area contributed by atoms with Crippen LogP contribution in [0.25, 0.3) is 0 Å². The van der Waals surface area contributed by atoms with Gasteiger partial charge in [0.25, 0.3) is 5.91 Å². The molecule has 1 aliphatic rings. The zero-order chi connectivity index (χ0) is 13.8. The molecule has 1 aliphatic heterocycles. The molecular weight excluding hydrogens is 246 g/mol. The van der Waals surface area contributed by atoms with Crippen LogP contribution in [-0.2, 0) is 4.79 Å². The SMILES string of the molecule is CC(C)C(C)NC(=O)COc1ccc2c(c1)OCO2. The summed E-state index contributed by atoms with van der Waals surface area (Å²) in [4.78, 5) is 11.7. The van der Waals surface area contributed by atoms with Crippen molar-refractivity contribution in [3.05, 3.63) is 18.2 Å². The van der Waals surface area contributed by atoms with Crippen LogP contribution in [0.2, 0.25) is 0 Å². The molecular formula is C14H19NO4. The van der Waals surface area contributed by atoms with Gasteiger partial charge in [-0.15, -0.1) is 0 Å². The number of benzene rings is 1. The van der Waals surface area contributed by atoms with Crippen LogP contribution in [0.1, 0.15) is 20.8 Å². The molecule has 0 aromatic heterocycles. The first-order valence-electron chi connectivity index (χ1n) is 6.38. The highest BCUT2D eigenvalue weighted by molar-refractivity contribution is 5.77. The molecule has 5 nitrogen and oxygen atoms in total. The van der Waals surface area contributed by atoms with Crippen molar-refractivity contribution in [1.29, 1.82) is 0 Å². The first-order valence-corrected chi connectivity index (χ1v) is 6.38. The van der Waals surface area contributed by atoms with Crippen molar-refractivity contribution in [3.63, 3.8) is 0 Å². The second-order valence-corrected chi connectivity index (χ2v) is 4.90. The average molecular weight is 265 g/mol. The van der Waals surface area contributed by atoms with Crippen LogP contribution in [0.4, 0.5) is 0 Å². The molecule has 0 saturated carbocycles. The van der Waals surface area contributed by atoms with Gasteiger partial charge in [0.15, 0.2) is 18.1 Å². The lowest BCUT2D eigenvalue weighted by Gasteiger charge is -2.17. The molecule has 0 aliphatic carbocycles. The Balaban J connectivity index is 1.84. The van der Waals surface area contributed by atoms with Crippen LogP contribution < -0.4 is 19.5 Å². The fraction of sp³-hybridized carbons (Fsp3) is 0.500. The quantitative estimate of drug-likeness (QED) is 0.884. The Morgan fingerprint density at radius 1 is 1.32 bits per heavy atom. The Morgan fingerprint density at radius 3 is 2.79 bits per heavy atom. The van der Waals surface area contributed by atoms with Crippen LogP contribution in [0.15, 0.2) is 18.2 Å². The van der Waals surface area contributed by atoms with E-state index in [9.17, 15) is 4.79 Å². The number of carbonyl (C=O) groups is 1. The second-order valence-electron chi connectivity index (χ2n) is 4.90. The van der Waals surface area contributed by atoms with Gasteiger partial charge in [-0.1, -0.05) is 13.8 Å². The van der Waals surface area contributed by atoms with Crippen LogP contribution >= 0.6 is 0 Å². The van der Waals surface area contributed by atoms with Crippen molar-refractivity contribution in [2.45, 2.75) is 26.8 Å². The number of amides is 1. The number of nitrogens with one attached hydrogen (secondary N) is 1. The Labute approximate surface area is 112 Å². The summed E-state index contributed by atoms with van der Waals surface area (Å²) in [5, 5.41) is 2.88. The van der Waals surface area contributed by atoms with E-state index in [1.165, 1.54) is 0 Å². The third-order valence-corrected chi connectivity index (χ3v) is 3.10. The summed E-state index contributed by atoms with van der Waals surface area (Å²) in [6.45, 7) is 6.32. The molecule has 0 radical (unpaired) electrons. The molecule has 104 valence electrons. The maximum Gasteiger partial charge on any atom is 0.258 e. The van der Waals surface area contributed by atoms with Gasteiger partial charge in [-0.25, -0.2) is 0 Å². The van der Waals surface area contributed by atoms with Gasteiger partial charge < -0.3 is 19.5 Å². The Bertz CT molecular complexity index is 459. The van der Waals surface area contributed by atoms with Crippen molar-refractivity contribution < 1.29 is 19.0 Å². The molecule has 0 fully saturated rings. The van der Waals surface area contributed by atoms with Gasteiger partial charge in [0.1, 0.15) is 5.75 Å². The molecule has 1 N–H and O–H groups in total. The molecule has 5 heteroatoms. The summed E-state index contributed by atoms with van der Waals surface area (Å²) < 4.78 is 15.9. The first kappa shape index (κ1) is 13.5. The molecule has 1 atom stereocenters. The largest absolute Gasteiger partial charge is 0.484 e. The smallest absolute Gasteiger partial charge is 0.258 e. The lowest BCUT2D eigenvalue weighted by atomic mass is 10.1. The average Bonchev–Trinajstić information content (AvgIpc) is 2.83. The van der Waals surface area contributed by atoms with Crippen molar-refractivity contribution in [2.24, 2.45) is 5.92 Å². The van der Waals surface area contributed by atoms with Gasteiger partial charge >= 0.3 is 0 Å². The second kappa shape index (κ2) is 5.82. The number of carbonyl (C=O) groups excluding carboxylic acids is 1. The van der Waals surface area contributed by atoms with Gasteiger partial charge in [-0.2, -0.15) is 0 Å². The maximum atomic E-state index is 11.7. The zero-order valence-electron chi connectivity index (χ0n) is 11.4. The fourth-order valence-corrected chi connectivity index (χ4v) is 1.58. The van der Waals surface area contributed by atoms with E-state index in [0.29, 0.717) is 23.2 Å². The van der Waals surface area contributed by atoms with Crippen molar-refractivity contribution in [3.8, 4) is 17.2 Å². The minimum atomic E-state index is -0.126. The van der Waals surface area contributed by atoms with E-state index in [-0.39, 0.29) is 25.3 Å². The highest BCUT2D eigenvalue weighted by Crippen LogP contribution is 2.34. The molecule has 0 bridgehead atoms. The van der Waals surface area contributed by atoms with E-state index in [0.717, 1.165) is 0 Å². The predicted molar refractivity (Wildman–Crippen MR) is 70.5 cm³/mol. The van der Waals surface area contributed by atoms with Crippen molar-refractivity contribution in [2.75, 3.05) is 13.4 Å². The third kappa shape index (κ3) is 3.53. The summed E-state index contributed by atoms with van der Waals surface area (Å²) in [5.74, 6) is 2.21. The van der Waals surface area contributed by atoms with Gasteiger partial charge in [-0.3, -0.25) is 4.79 Å². The molecule has 19 heavy (non-hydrogen) atoms. The number of hydrogen-bond acceptors (Lipinski definition) is 4. The van der Waals surface area contributed by atoms with Crippen LogP contribution in [0, 0.1) is 5.92 Å². The molecule has 0 saturated heterocycles. The Hall–Kier alpha value is -1.91. The molecule has 1 aromatic rings. The van der Waals surface area contributed by atoms with E-state index in [4.69, 9.17) is 14.2 Å². The normalized spacial score (nSPS) is 14.3. The van der Waals surface area contributed by atoms with Gasteiger partial charge in [0, 0.05) is 12.1 Å². The van der Waals surface area contributed by atoms with Crippen LogP contribution in [0.3, 0.4) is 0 Å². The summed E-state index contributed by atoms with van der Waals surface area (Å²) in [7, 11) is 0. The third-order valence-electron chi connectivity index (χ3n) is 3.10. The van der Waals surface area contributed by atoms with E-state index in [1.54, 1.807) is 18.2 Å². The minimum Gasteiger partial charge on any atom is -0.484 e. The minimum absolute atomic E-state index is 0.00327. The van der Waals surface area contributed by atoms with Gasteiger partial charge in [0.05, 0.1) is 0 Å². The molecule has 2 rings (SSSR count). The van der Waals surface area contributed by atoms with Gasteiger partial charge in [0.2, 0.25) is 6.79 Å². The Kier molecular flexibility index (Phi) is 4.14. The summed E-state index contributed by atoms with van der Waals surface area (Å²) in [5.41, 5.74) is 0. The molecule has 1 heterocycles. The fourth-order valence-electron chi connectivity index (χ4n) is 1.58. The number of fused-ring (bicyclic) bond motifs is 1. The number of ether oxygens (including phenoxy) is 3. The standard InChI is InChI=1S/C14H19NO4/c1-9(2)10(3)15-14(16)7-17-11-4-5-12-13(6-11)19-8-18-12/h4-6,9-10H,7-8H2,1-3H3,(H,15,16). The van der Waals surface area contributed by atoms with Crippen molar-refractivity contribution >= 4 is 5.91 Å². The van der Waals surface area contributed by atoms with E-state index < -0.39 is 0 Å². The van der Waals surface area contributed by atoms with Crippen molar-refractivity contribution in [1.82, 2.24) is 5.32 Å². The lowest BCUT2D eigenvalue weighted by Crippen LogP contribution is -2.38. The summed E-state index contributed by atoms with van der Waals surface area (Å²) >= 11 is 0. The van der Waals surface area contributed by atoms with Crippen LogP contribution in [-0.4, -0.2) is 25.3 Å². The van der Waals surface area contributed by atoms with Crippen LogP contribution in [0.5, 0.6) is 17.2 Å². The molecule has 1 aromatic carbocycles. The molecule has 0 spiro atoms. The van der Waals surface area contributed by atoms with Gasteiger partial charge in [-0.05, 0) is 25.0 Å². The highest BCUT2D eigenvalue weighted by atomic mass is 16.7. The maximum absolute atomic E-state index is 11.7. The monoisotopic (exact) mass is 265 g/mol. The number of hydrogen-bond donors (Lipinski definition) is 1. The zero-order valence-corrected chi connectivity index (χ0v) is 11.4. The number of rotatable bonds is 5.